The fourth-order valence-electron chi connectivity index (χ4n) is 2.81. The molecule has 0 saturated heterocycles. The van der Waals surface area contributed by atoms with Gasteiger partial charge in [-0.2, -0.15) is 0 Å². The molecule has 3 rings (SSSR count). The average Bonchev–Trinajstić information content (AvgIpc) is 3.22. The van der Waals surface area contributed by atoms with Crippen molar-refractivity contribution in [2.45, 2.75) is 49.2 Å². The van der Waals surface area contributed by atoms with Crippen LogP contribution in [0.2, 0.25) is 0 Å². The molecule has 0 aliphatic heterocycles. The molecule has 8 nitrogen and oxygen atoms in total. The number of aryl methyl sites for hydroxylation is 1. The second-order valence-electron chi connectivity index (χ2n) is 6.61. The quantitative estimate of drug-likeness (QED) is 0.559. The lowest BCUT2D eigenvalue weighted by Gasteiger charge is -2.11. The summed E-state index contributed by atoms with van der Waals surface area (Å²) in [5, 5.41) is 9.01. The van der Waals surface area contributed by atoms with Crippen molar-refractivity contribution in [2.75, 3.05) is 14.1 Å². The third-order valence-corrected chi connectivity index (χ3v) is 7.08. The number of fused-ring (bicyclic) bond motifs is 1. The van der Waals surface area contributed by atoms with Crippen LogP contribution in [0.5, 0.6) is 0 Å². The Morgan fingerprint density at radius 1 is 1.26 bits per heavy atom. The first-order valence-corrected chi connectivity index (χ1v) is 11.1. The molecular formula is C17H24N6O2S2. The molecule has 0 bridgehead atoms. The van der Waals surface area contributed by atoms with Crippen LogP contribution in [0.15, 0.2) is 34.6 Å². The van der Waals surface area contributed by atoms with E-state index in [9.17, 15) is 8.42 Å². The smallest absolute Gasteiger partial charge is 0.242 e. The first-order chi connectivity index (χ1) is 12.8. The predicted octanol–water partition coefficient (Wildman–Crippen LogP) is 2.77. The molecule has 10 heteroatoms. The maximum atomic E-state index is 12.4. The Hall–Kier alpha value is -1.91. The molecule has 0 aliphatic rings. The monoisotopic (exact) mass is 408 g/mol. The minimum absolute atomic E-state index is 0.250. The van der Waals surface area contributed by atoms with Gasteiger partial charge in [-0.3, -0.25) is 0 Å². The Labute approximate surface area is 163 Å². The Morgan fingerprint density at radius 2 is 2.00 bits per heavy atom. The summed E-state index contributed by atoms with van der Waals surface area (Å²) in [5.74, 6) is 1.51. The second-order valence-corrected chi connectivity index (χ2v) is 9.71. The summed E-state index contributed by atoms with van der Waals surface area (Å²) in [4.78, 5) is 4.94. The summed E-state index contributed by atoms with van der Waals surface area (Å²) in [6.07, 6.45) is 1.73. The molecule has 0 aliphatic carbocycles. The summed E-state index contributed by atoms with van der Waals surface area (Å²) in [6.45, 7) is 6.97. The van der Waals surface area contributed by atoms with Crippen molar-refractivity contribution in [2.24, 2.45) is 0 Å². The average molecular weight is 409 g/mol. The SMILES string of the molecule is CCn1c(CSc2nncn2C(C)C)nc2cc(S(=O)(=O)N(C)C)ccc21. The molecule has 3 aromatic rings. The van der Waals surface area contributed by atoms with Crippen molar-refractivity contribution in [1.29, 1.82) is 0 Å². The summed E-state index contributed by atoms with van der Waals surface area (Å²) in [7, 11) is -0.434. The number of rotatable bonds is 7. The highest BCUT2D eigenvalue weighted by molar-refractivity contribution is 7.98. The maximum absolute atomic E-state index is 12.4. The molecule has 2 heterocycles. The van der Waals surface area contributed by atoms with Crippen LogP contribution in [-0.4, -0.2) is 51.1 Å². The summed E-state index contributed by atoms with van der Waals surface area (Å²) in [5.41, 5.74) is 1.61. The molecule has 0 amide bonds. The van der Waals surface area contributed by atoms with Gasteiger partial charge in [0.1, 0.15) is 12.2 Å². The first kappa shape index (κ1) is 19.8. The van der Waals surface area contributed by atoms with E-state index >= 15 is 0 Å². The van der Waals surface area contributed by atoms with Gasteiger partial charge in [0.2, 0.25) is 10.0 Å². The lowest BCUT2D eigenvalue weighted by molar-refractivity contribution is 0.521. The zero-order chi connectivity index (χ0) is 19.8. The van der Waals surface area contributed by atoms with Crippen LogP contribution >= 0.6 is 11.8 Å². The molecule has 0 radical (unpaired) electrons. The van der Waals surface area contributed by atoms with Gasteiger partial charge in [0.05, 0.1) is 21.7 Å². The van der Waals surface area contributed by atoms with Crippen molar-refractivity contribution in [3.8, 4) is 0 Å². The van der Waals surface area contributed by atoms with Gasteiger partial charge in [0, 0.05) is 26.7 Å². The highest BCUT2D eigenvalue weighted by Crippen LogP contribution is 2.27. The number of sulfonamides is 1. The van der Waals surface area contributed by atoms with Gasteiger partial charge in [-0.1, -0.05) is 11.8 Å². The van der Waals surface area contributed by atoms with E-state index in [4.69, 9.17) is 4.98 Å². The number of hydrogen-bond acceptors (Lipinski definition) is 6. The molecule has 146 valence electrons. The Balaban J connectivity index is 1.95. The minimum atomic E-state index is -3.48. The number of thioether (sulfide) groups is 1. The lowest BCUT2D eigenvalue weighted by atomic mass is 10.3. The molecule has 1 aromatic carbocycles. The molecule has 0 saturated carbocycles. The molecule has 0 N–H and O–H groups in total. The highest BCUT2D eigenvalue weighted by Gasteiger charge is 2.20. The van der Waals surface area contributed by atoms with Crippen molar-refractivity contribution < 1.29 is 8.42 Å². The van der Waals surface area contributed by atoms with Gasteiger partial charge < -0.3 is 9.13 Å². The van der Waals surface area contributed by atoms with Crippen LogP contribution in [0.1, 0.15) is 32.6 Å². The molecule has 0 spiro atoms. The number of aromatic nitrogens is 5. The number of imidazole rings is 1. The highest BCUT2D eigenvalue weighted by atomic mass is 32.2. The van der Waals surface area contributed by atoms with E-state index in [0.29, 0.717) is 11.3 Å². The molecule has 2 aromatic heterocycles. The molecule has 0 atom stereocenters. The normalized spacial score (nSPS) is 12.6. The Morgan fingerprint density at radius 3 is 2.63 bits per heavy atom. The van der Waals surface area contributed by atoms with E-state index in [-0.39, 0.29) is 10.9 Å². The van der Waals surface area contributed by atoms with Gasteiger partial charge in [0.15, 0.2) is 5.16 Å². The zero-order valence-electron chi connectivity index (χ0n) is 16.1. The number of hydrogen-bond donors (Lipinski definition) is 0. The van der Waals surface area contributed by atoms with Gasteiger partial charge in [-0.15, -0.1) is 10.2 Å². The Bertz CT molecular complexity index is 1050. The van der Waals surface area contributed by atoms with E-state index in [1.165, 1.54) is 18.4 Å². The summed E-state index contributed by atoms with van der Waals surface area (Å²) >= 11 is 1.57. The number of benzene rings is 1. The second kappa shape index (κ2) is 7.61. The van der Waals surface area contributed by atoms with Gasteiger partial charge in [-0.05, 0) is 39.0 Å². The Kier molecular flexibility index (Phi) is 5.59. The fourth-order valence-corrected chi connectivity index (χ4v) is 4.73. The molecular weight excluding hydrogens is 384 g/mol. The van der Waals surface area contributed by atoms with Crippen molar-refractivity contribution in [3.63, 3.8) is 0 Å². The zero-order valence-corrected chi connectivity index (χ0v) is 17.8. The third kappa shape index (κ3) is 3.74. The maximum Gasteiger partial charge on any atom is 0.242 e. The molecule has 0 fully saturated rings. The first-order valence-electron chi connectivity index (χ1n) is 8.69. The van der Waals surface area contributed by atoms with Crippen LogP contribution in [0, 0.1) is 0 Å². The summed E-state index contributed by atoms with van der Waals surface area (Å²) < 4.78 is 30.1. The van der Waals surface area contributed by atoms with Gasteiger partial charge >= 0.3 is 0 Å². The van der Waals surface area contributed by atoms with Crippen LogP contribution in [-0.2, 0) is 22.3 Å². The van der Waals surface area contributed by atoms with Crippen LogP contribution in [0.4, 0.5) is 0 Å². The van der Waals surface area contributed by atoms with Crippen LogP contribution in [0.25, 0.3) is 11.0 Å². The standard InChI is InChI=1S/C17H24N6O2S2/c1-6-22-15-8-7-13(27(24,25)21(4)5)9-14(15)19-16(22)10-26-17-20-18-11-23(17)12(2)3/h7-9,11-12H,6,10H2,1-5H3. The third-order valence-electron chi connectivity index (χ3n) is 4.32. The number of nitrogens with zero attached hydrogens (tertiary/aromatic N) is 6. The van der Waals surface area contributed by atoms with E-state index in [1.54, 1.807) is 30.2 Å². The predicted molar refractivity (Wildman–Crippen MR) is 106 cm³/mol. The van der Waals surface area contributed by atoms with Crippen molar-refractivity contribution >= 4 is 32.8 Å². The van der Waals surface area contributed by atoms with E-state index < -0.39 is 10.0 Å². The van der Waals surface area contributed by atoms with E-state index in [2.05, 4.69) is 35.5 Å². The summed E-state index contributed by atoms with van der Waals surface area (Å²) in [6, 6.07) is 5.39. The van der Waals surface area contributed by atoms with Crippen LogP contribution in [0.3, 0.4) is 0 Å². The largest absolute Gasteiger partial charge is 0.328 e. The molecule has 27 heavy (non-hydrogen) atoms. The van der Waals surface area contributed by atoms with Gasteiger partial charge in [-0.25, -0.2) is 17.7 Å². The minimum Gasteiger partial charge on any atom is -0.328 e. The van der Waals surface area contributed by atoms with Crippen molar-refractivity contribution in [3.05, 3.63) is 30.4 Å². The van der Waals surface area contributed by atoms with Gasteiger partial charge in [0.25, 0.3) is 0 Å². The molecule has 0 unspecified atom stereocenters. The fraction of sp³-hybridized carbons (Fsp3) is 0.471. The van der Waals surface area contributed by atoms with E-state index in [1.807, 2.05) is 10.6 Å². The van der Waals surface area contributed by atoms with Crippen molar-refractivity contribution in [1.82, 2.24) is 28.6 Å². The van der Waals surface area contributed by atoms with E-state index in [0.717, 1.165) is 23.0 Å². The topological polar surface area (TPSA) is 85.9 Å². The lowest BCUT2D eigenvalue weighted by Crippen LogP contribution is -2.22. The van der Waals surface area contributed by atoms with Crippen LogP contribution < -0.4 is 0 Å².